The Balaban J connectivity index is 2.48. The summed E-state index contributed by atoms with van der Waals surface area (Å²) in [6.07, 6.45) is 0. The zero-order valence-corrected chi connectivity index (χ0v) is 10.5. The van der Waals surface area contributed by atoms with Crippen molar-refractivity contribution in [2.75, 3.05) is 0 Å². The third-order valence-electron chi connectivity index (χ3n) is 1.75. The minimum absolute atomic E-state index is 0.224. The molecule has 0 atom stereocenters. The quantitative estimate of drug-likeness (QED) is 0.790. The lowest BCUT2D eigenvalue weighted by Gasteiger charge is -1.98. The Kier molecular flexibility index (Phi) is 3.29. The molecule has 0 radical (unpaired) electrons. The number of rotatable bonds is 2. The molecule has 0 bridgehead atoms. The van der Waals surface area contributed by atoms with E-state index in [0.29, 0.717) is 16.7 Å². The van der Waals surface area contributed by atoms with E-state index in [1.807, 2.05) is 6.07 Å². The zero-order chi connectivity index (χ0) is 10.8. The molecule has 1 aromatic heterocycles. The van der Waals surface area contributed by atoms with Gasteiger partial charge in [-0.2, -0.15) is 4.98 Å². The second-order valence-corrected chi connectivity index (χ2v) is 4.33. The minimum Gasteiger partial charge on any atom is -0.334 e. The molecule has 6 heteroatoms. The molecule has 0 amide bonds. The van der Waals surface area contributed by atoms with Gasteiger partial charge >= 0.3 is 0 Å². The van der Waals surface area contributed by atoms with Crippen LogP contribution in [0, 0.1) is 0 Å². The molecule has 0 aliphatic carbocycles. The first-order valence-electron chi connectivity index (χ1n) is 4.04. The van der Waals surface area contributed by atoms with Crippen LogP contribution in [0.2, 0.25) is 5.02 Å². The van der Waals surface area contributed by atoms with Gasteiger partial charge in [-0.05, 0) is 34.1 Å². The predicted octanol–water partition coefficient (Wildman–Crippen LogP) is 3.89. The fourth-order valence-electron chi connectivity index (χ4n) is 1.08. The van der Waals surface area contributed by atoms with Gasteiger partial charge in [0.1, 0.15) is 0 Å². The van der Waals surface area contributed by atoms with Crippen molar-refractivity contribution < 1.29 is 4.52 Å². The Bertz CT molecular complexity index is 487. The molecule has 0 saturated carbocycles. The number of aromatic nitrogens is 2. The number of benzene rings is 1. The summed E-state index contributed by atoms with van der Waals surface area (Å²) in [4.78, 5) is 4.10. The van der Waals surface area contributed by atoms with Gasteiger partial charge in [-0.1, -0.05) is 16.8 Å². The normalized spacial score (nSPS) is 10.6. The Morgan fingerprint density at radius 2 is 2.20 bits per heavy atom. The van der Waals surface area contributed by atoms with Crippen LogP contribution in [0.3, 0.4) is 0 Å². The lowest BCUT2D eigenvalue weighted by Crippen LogP contribution is -1.82. The number of halogens is 3. The maximum Gasteiger partial charge on any atom is 0.259 e. The molecular formula is C9H5BrCl2N2O. The summed E-state index contributed by atoms with van der Waals surface area (Å²) in [5, 5.41) is 4.31. The lowest BCUT2D eigenvalue weighted by atomic mass is 10.2. The van der Waals surface area contributed by atoms with Crippen LogP contribution >= 0.6 is 39.1 Å². The lowest BCUT2D eigenvalue weighted by molar-refractivity contribution is 0.425. The number of alkyl halides is 1. The average Bonchev–Trinajstić information content (AvgIpc) is 2.70. The van der Waals surface area contributed by atoms with Gasteiger partial charge in [0.25, 0.3) is 5.89 Å². The van der Waals surface area contributed by atoms with E-state index in [9.17, 15) is 0 Å². The fraction of sp³-hybridized carbons (Fsp3) is 0.111. The van der Waals surface area contributed by atoms with Crippen LogP contribution in [0.1, 0.15) is 5.82 Å². The molecule has 78 valence electrons. The van der Waals surface area contributed by atoms with Crippen LogP contribution in [0.5, 0.6) is 0 Å². The van der Waals surface area contributed by atoms with Crippen molar-refractivity contribution in [1.82, 2.24) is 10.1 Å². The number of nitrogens with zero attached hydrogens (tertiary/aromatic N) is 2. The molecule has 1 heterocycles. The predicted molar refractivity (Wildman–Crippen MR) is 62.0 cm³/mol. The zero-order valence-electron chi connectivity index (χ0n) is 7.38. The van der Waals surface area contributed by atoms with Gasteiger partial charge in [0.2, 0.25) is 0 Å². The van der Waals surface area contributed by atoms with Gasteiger partial charge in [0, 0.05) is 9.50 Å². The van der Waals surface area contributed by atoms with E-state index in [1.165, 1.54) is 0 Å². The summed E-state index contributed by atoms with van der Waals surface area (Å²) >= 11 is 14.8. The molecule has 2 aromatic rings. The van der Waals surface area contributed by atoms with Crippen LogP contribution in [0.25, 0.3) is 11.5 Å². The molecule has 0 saturated heterocycles. The first-order chi connectivity index (χ1) is 7.20. The van der Waals surface area contributed by atoms with Crippen molar-refractivity contribution in [3.8, 4) is 11.5 Å². The molecule has 0 unspecified atom stereocenters. The first-order valence-corrected chi connectivity index (χ1v) is 5.75. The monoisotopic (exact) mass is 306 g/mol. The Labute approximate surface area is 105 Å². The van der Waals surface area contributed by atoms with Crippen LogP contribution in [-0.2, 0) is 5.88 Å². The van der Waals surface area contributed by atoms with Crippen molar-refractivity contribution in [2.45, 2.75) is 5.88 Å². The van der Waals surface area contributed by atoms with Crippen molar-refractivity contribution in [1.29, 1.82) is 0 Å². The number of hydrogen-bond donors (Lipinski definition) is 0. The maximum atomic E-state index is 5.87. The summed E-state index contributed by atoms with van der Waals surface area (Å²) in [5.74, 6) is 1.08. The van der Waals surface area contributed by atoms with Crippen molar-refractivity contribution in [3.63, 3.8) is 0 Å². The van der Waals surface area contributed by atoms with Gasteiger partial charge in [0.05, 0.1) is 11.4 Å². The van der Waals surface area contributed by atoms with E-state index < -0.39 is 0 Å². The molecule has 2 rings (SSSR count). The van der Waals surface area contributed by atoms with E-state index >= 15 is 0 Å². The van der Waals surface area contributed by atoms with Gasteiger partial charge in [-0.3, -0.25) is 0 Å². The second kappa shape index (κ2) is 4.51. The van der Waals surface area contributed by atoms with E-state index in [2.05, 4.69) is 26.1 Å². The molecular weight excluding hydrogens is 303 g/mol. The van der Waals surface area contributed by atoms with Crippen LogP contribution in [0.4, 0.5) is 0 Å². The highest BCUT2D eigenvalue weighted by Gasteiger charge is 2.11. The topological polar surface area (TPSA) is 38.9 Å². The van der Waals surface area contributed by atoms with Crippen LogP contribution in [-0.4, -0.2) is 10.1 Å². The van der Waals surface area contributed by atoms with E-state index in [4.69, 9.17) is 27.7 Å². The summed E-state index contributed by atoms with van der Waals surface area (Å²) < 4.78 is 5.89. The molecule has 0 aliphatic heterocycles. The Morgan fingerprint density at radius 1 is 1.40 bits per heavy atom. The van der Waals surface area contributed by atoms with Gasteiger partial charge in [0.15, 0.2) is 5.82 Å². The standard InChI is InChI=1S/C9H5BrCl2N2O/c10-7-2-1-5(12)3-6(7)9-13-8(4-11)14-15-9/h1-3H,4H2. The van der Waals surface area contributed by atoms with Crippen LogP contribution < -0.4 is 0 Å². The molecule has 0 fully saturated rings. The van der Waals surface area contributed by atoms with Gasteiger partial charge in [-0.15, -0.1) is 11.6 Å². The highest BCUT2D eigenvalue weighted by atomic mass is 79.9. The first kappa shape index (κ1) is 10.9. The van der Waals surface area contributed by atoms with E-state index in [1.54, 1.807) is 12.1 Å². The highest BCUT2D eigenvalue weighted by Crippen LogP contribution is 2.29. The molecule has 0 spiro atoms. The largest absolute Gasteiger partial charge is 0.334 e. The smallest absolute Gasteiger partial charge is 0.259 e. The molecule has 3 nitrogen and oxygen atoms in total. The molecule has 1 aromatic carbocycles. The summed E-state index contributed by atoms with van der Waals surface area (Å²) in [7, 11) is 0. The SMILES string of the molecule is ClCc1noc(-c2cc(Cl)ccc2Br)n1. The van der Waals surface area contributed by atoms with Gasteiger partial charge < -0.3 is 4.52 Å². The maximum absolute atomic E-state index is 5.87. The highest BCUT2D eigenvalue weighted by molar-refractivity contribution is 9.10. The fourth-order valence-corrected chi connectivity index (χ4v) is 1.78. The van der Waals surface area contributed by atoms with Crippen LogP contribution in [0.15, 0.2) is 27.2 Å². The van der Waals surface area contributed by atoms with Crippen molar-refractivity contribution >= 4 is 39.1 Å². The van der Waals surface area contributed by atoms with Crippen molar-refractivity contribution in [2.24, 2.45) is 0 Å². The summed E-state index contributed by atoms with van der Waals surface area (Å²) in [5.41, 5.74) is 0.756. The van der Waals surface area contributed by atoms with E-state index in [0.717, 1.165) is 10.0 Å². The minimum atomic E-state index is 0.224. The van der Waals surface area contributed by atoms with E-state index in [-0.39, 0.29) is 5.88 Å². The Hall–Kier alpha value is -0.580. The Morgan fingerprint density at radius 3 is 2.87 bits per heavy atom. The van der Waals surface area contributed by atoms with Crippen molar-refractivity contribution in [3.05, 3.63) is 33.5 Å². The summed E-state index contributed by atoms with van der Waals surface area (Å²) in [6.45, 7) is 0. The molecule has 0 aliphatic rings. The third-order valence-corrected chi connectivity index (χ3v) is 2.91. The second-order valence-electron chi connectivity index (χ2n) is 2.77. The third kappa shape index (κ3) is 2.33. The molecule has 15 heavy (non-hydrogen) atoms. The average molecular weight is 308 g/mol. The molecule has 0 N–H and O–H groups in total. The summed E-state index contributed by atoms with van der Waals surface area (Å²) in [6, 6.07) is 5.34. The van der Waals surface area contributed by atoms with Gasteiger partial charge in [-0.25, -0.2) is 0 Å². The number of hydrogen-bond acceptors (Lipinski definition) is 3.